The molecule has 0 radical (unpaired) electrons. The van der Waals surface area contributed by atoms with Gasteiger partial charge in [0.2, 0.25) is 5.91 Å². The van der Waals surface area contributed by atoms with Gasteiger partial charge in [-0.25, -0.2) is 12.8 Å². The highest BCUT2D eigenvalue weighted by atomic mass is 32.2. The van der Waals surface area contributed by atoms with E-state index in [2.05, 4.69) is 6.58 Å². The van der Waals surface area contributed by atoms with Gasteiger partial charge in [0, 0.05) is 18.4 Å². The standard InChI is InChI=1S/C20H20FNO4S/c1-3-20(23)22-10-11-26-19(13-22)15-6-4-14(5-7-15)17-9-8-16(12-18(17)21)27(2,24)25/h3-9,12,19H,1,10-11,13H2,2H3/t19-/m0/s1. The Morgan fingerprint density at radius 3 is 2.56 bits per heavy atom. The maximum atomic E-state index is 14.4. The van der Waals surface area contributed by atoms with Crippen molar-refractivity contribution in [3.8, 4) is 11.1 Å². The molecule has 1 aliphatic heterocycles. The minimum absolute atomic E-state index is 0.0528. The summed E-state index contributed by atoms with van der Waals surface area (Å²) in [7, 11) is -3.46. The van der Waals surface area contributed by atoms with Gasteiger partial charge in [0.15, 0.2) is 9.84 Å². The van der Waals surface area contributed by atoms with Gasteiger partial charge in [-0.05, 0) is 29.3 Å². The topological polar surface area (TPSA) is 63.7 Å². The Hall–Kier alpha value is -2.51. The second-order valence-corrected chi connectivity index (χ2v) is 8.40. The molecule has 0 saturated carbocycles. The minimum Gasteiger partial charge on any atom is -0.370 e. The van der Waals surface area contributed by atoms with Crippen molar-refractivity contribution in [3.05, 3.63) is 66.5 Å². The smallest absolute Gasteiger partial charge is 0.246 e. The maximum absolute atomic E-state index is 14.4. The van der Waals surface area contributed by atoms with Crippen LogP contribution in [0.15, 0.2) is 60.0 Å². The highest BCUT2D eigenvalue weighted by Crippen LogP contribution is 2.28. The predicted octanol–water partition coefficient (Wildman–Crippen LogP) is 2.98. The molecule has 0 unspecified atom stereocenters. The van der Waals surface area contributed by atoms with Gasteiger partial charge in [-0.1, -0.05) is 36.9 Å². The van der Waals surface area contributed by atoms with Crippen LogP contribution in [0.5, 0.6) is 0 Å². The summed E-state index contributed by atoms with van der Waals surface area (Å²) in [5.74, 6) is -0.727. The number of amides is 1. The molecular weight excluding hydrogens is 369 g/mol. The lowest BCUT2D eigenvalue weighted by molar-refractivity contribution is -0.133. The largest absolute Gasteiger partial charge is 0.370 e. The van der Waals surface area contributed by atoms with E-state index in [0.717, 1.165) is 17.9 Å². The Morgan fingerprint density at radius 1 is 1.26 bits per heavy atom. The van der Waals surface area contributed by atoms with Crippen molar-refractivity contribution in [2.24, 2.45) is 0 Å². The van der Waals surface area contributed by atoms with Crippen molar-refractivity contribution < 1.29 is 22.3 Å². The van der Waals surface area contributed by atoms with Gasteiger partial charge < -0.3 is 9.64 Å². The molecule has 0 aliphatic carbocycles. The number of morpholine rings is 1. The average molecular weight is 389 g/mol. The number of sulfone groups is 1. The third-order valence-corrected chi connectivity index (χ3v) is 5.63. The third-order valence-electron chi connectivity index (χ3n) is 4.51. The molecule has 1 aliphatic rings. The molecule has 0 bridgehead atoms. The number of benzene rings is 2. The van der Waals surface area contributed by atoms with E-state index in [4.69, 9.17) is 4.74 Å². The second-order valence-electron chi connectivity index (χ2n) is 6.38. The van der Waals surface area contributed by atoms with Crippen molar-refractivity contribution in [1.82, 2.24) is 4.90 Å². The summed E-state index contributed by atoms with van der Waals surface area (Å²) in [6, 6.07) is 11.0. The summed E-state index contributed by atoms with van der Waals surface area (Å²) >= 11 is 0. The number of carbonyl (C=O) groups excluding carboxylic acids is 1. The molecule has 1 amide bonds. The molecule has 7 heteroatoms. The quantitative estimate of drug-likeness (QED) is 0.754. The molecule has 1 saturated heterocycles. The SMILES string of the molecule is C=CC(=O)N1CCO[C@H](c2ccc(-c3ccc(S(C)(=O)=O)cc3F)cc2)C1. The van der Waals surface area contributed by atoms with Crippen LogP contribution in [0.1, 0.15) is 11.7 Å². The molecule has 2 aromatic carbocycles. The molecule has 27 heavy (non-hydrogen) atoms. The van der Waals surface area contributed by atoms with Crippen molar-refractivity contribution in [2.75, 3.05) is 26.0 Å². The van der Waals surface area contributed by atoms with Crippen LogP contribution >= 0.6 is 0 Å². The summed E-state index contributed by atoms with van der Waals surface area (Å²) < 4.78 is 43.2. The van der Waals surface area contributed by atoms with E-state index < -0.39 is 15.7 Å². The van der Waals surface area contributed by atoms with Gasteiger partial charge in [-0.15, -0.1) is 0 Å². The molecule has 1 heterocycles. The van der Waals surface area contributed by atoms with Gasteiger partial charge in [-0.2, -0.15) is 0 Å². The van der Waals surface area contributed by atoms with E-state index in [1.165, 1.54) is 18.2 Å². The highest BCUT2D eigenvalue weighted by Gasteiger charge is 2.24. The molecule has 3 rings (SSSR count). The number of halogens is 1. The van der Waals surface area contributed by atoms with E-state index in [1.807, 2.05) is 12.1 Å². The Bertz CT molecular complexity index is 970. The Balaban J connectivity index is 1.81. The zero-order chi connectivity index (χ0) is 19.6. The third kappa shape index (κ3) is 4.26. The van der Waals surface area contributed by atoms with Crippen LogP contribution in [0, 0.1) is 5.82 Å². The monoisotopic (exact) mass is 389 g/mol. The maximum Gasteiger partial charge on any atom is 0.246 e. The zero-order valence-corrected chi connectivity index (χ0v) is 15.7. The van der Waals surface area contributed by atoms with Crippen LogP contribution in [0.2, 0.25) is 0 Å². The number of carbonyl (C=O) groups is 1. The van der Waals surface area contributed by atoms with Crippen LogP contribution in [-0.2, 0) is 19.4 Å². The first-order valence-corrected chi connectivity index (χ1v) is 10.3. The van der Waals surface area contributed by atoms with Crippen LogP contribution in [0.25, 0.3) is 11.1 Å². The second kappa shape index (κ2) is 7.62. The van der Waals surface area contributed by atoms with Crippen molar-refractivity contribution in [3.63, 3.8) is 0 Å². The fraction of sp³-hybridized carbons (Fsp3) is 0.250. The van der Waals surface area contributed by atoms with Gasteiger partial charge in [0.1, 0.15) is 11.9 Å². The van der Waals surface area contributed by atoms with Gasteiger partial charge in [0.05, 0.1) is 18.0 Å². The van der Waals surface area contributed by atoms with E-state index >= 15 is 0 Å². The number of nitrogens with zero attached hydrogens (tertiary/aromatic N) is 1. The molecule has 5 nitrogen and oxygen atoms in total. The minimum atomic E-state index is -3.46. The van der Waals surface area contributed by atoms with Crippen LogP contribution in [0.4, 0.5) is 4.39 Å². The van der Waals surface area contributed by atoms with Gasteiger partial charge >= 0.3 is 0 Å². The molecule has 0 N–H and O–H groups in total. The highest BCUT2D eigenvalue weighted by molar-refractivity contribution is 7.90. The first-order valence-electron chi connectivity index (χ1n) is 8.42. The summed E-state index contributed by atoms with van der Waals surface area (Å²) in [5, 5.41) is 0. The zero-order valence-electron chi connectivity index (χ0n) is 14.9. The van der Waals surface area contributed by atoms with Crippen molar-refractivity contribution in [2.45, 2.75) is 11.0 Å². The molecule has 2 aromatic rings. The Labute approximate surface area is 158 Å². The van der Waals surface area contributed by atoms with Crippen LogP contribution < -0.4 is 0 Å². The van der Waals surface area contributed by atoms with Crippen LogP contribution in [0.3, 0.4) is 0 Å². The number of rotatable bonds is 4. The fourth-order valence-electron chi connectivity index (χ4n) is 3.02. The van der Waals surface area contributed by atoms with E-state index in [9.17, 15) is 17.6 Å². The number of hydrogen-bond donors (Lipinski definition) is 0. The molecule has 142 valence electrons. The summed E-state index contributed by atoms with van der Waals surface area (Å²) in [6.45, 7) is 4.90. The fourth-order valence-corrected chi connectivity index (χ4v) is 3.65. The Kier molecular flexibility index (Phi) is 5.43. The average Bonchev–Trinajstić information content (AvgIpc) is 2.67. The molecule has 1 atom stereocenters. The Morgan fingerprint density at radius 2 is 1.96 bits per heavy atom. The number of hydrogen-bond acceptors (Lipinski definition) is 4. The first kappa shape index (κ1) is 19.3. The van der Waals surface area contributed by atoms with E-state index in [-0.39, 0.29) is 16.9 Å². The lowest BCUT2D eigenvalue weighted by atomic mass is 10.0. The van der Waals surface area contributed by atoms with Gasteiger partial charge in [0.25, 0.3) is 0 Å². The summed E-state index contributed by atoms with van der Waals surface area (Å²) in [6.07, 6.45) is 2.07. The lowest BCUT2D eigenvalue weighted by Crippen LogP contribution is -2.41. The normalized spacial score (nSPS) is 17.6. The summed E-state index contributed by atoms with van der Waals surface area (Å²) in [4.78, 5) is 13.4. The van der Waals surface area contributed by atoms with E-state index in [0.29, 0.717) is 30.8 Å². The lowest BCUT2D eigenvalue weighted by Gasteiger charge is -2.32. The predicted molar refractivity (Wildman–Crippen MR) is 100 cm³/mol. The molecule has 0 spiro atoms. The summed E-state index contributed by atoms with van der Waals surface area (Å²) in [5.41, 5.74) is 1.83. The van der Waals surface area contributed by atoms with Crippen molar-refractivity contribution in [1.29, 1.82) is 0 Å². The van der Waals surface area contributed by atoms with E-state index in [1.54, 1.807) is 17.0 Å². The van der Waals surface area contributed by atoms with Crippen LogP contribution in [-0.4, -0.2) is 45.2 Å². The molecule has 1 fully saturated rings. The molecule has 0 aromatic heterocycles. The molecular formula is C20H20FNO4S. The van der Waals surface area contributed by atoms with Crippen molar-refractivity contribution >= 4 is 15.7 Å². The number of ether oxygens (including phenoxy) is 1. The first-order chi connectivity index (χ1) is 12.8. The van der Waals surface area contributed by atoms with Gasteiger partial charge in [-0.3, -0.25) is 4.79 Å².